The fourth-order valence-corrected chi connectivity index (χ4v) is 1.91. The lowest BCUT2D eigenvalue weighted by Crippen LogP contribution is -2.28. The summed E-state index contributed by atoms with van der Waals surface area (Å²) in [7, 11) is 0. The van der Waals surface area contributed by atoms with Crippen LogP contribution in [-0.4, -0.2) is 18.4 Å². The zero-order chi connectivity index (χ0) is 12.4. The Morgan fingerprint density at radius 2 is 2.29 bits per heavy atom. The van der Waals surface area contributed by atoms with Crippen LogP contribution in [-0.2, 0) is 9.59 Å². The number of carbonyl (C=O) groups excluding carboxylic acids is 2. The van der Waals surface area contributed by atoms with E-state index in [0.717, 1.165) is 0 Å². The van der Waals surface area contributed by atoms with E-state index in [1.807, 2.05) is 0 Å². The number of benzene rings is 1. The molecule has 0 saturated carbocycles. The second-order valence-electron chi connectivity index (χ2n) is 4.00. The van der Waals surface area contributed by atoms with E-state index in [4.69, 9.17) is 12.2 Å². The average Bonchev–Trinajstić information content (AvgIpc) is 2.72. The Morgan fingerprint density at radius 1 is 1.53 bits per heavy atom. The molecule has 1 aromatic carbocycles. The molecule has 1 aromatic rings. The van der Waals surface area contributed by atoms with E-state index in [9.17, 15) is 9.59 Å². The van der Waals surface area contributed by atoms with Crippen molar-refractivity contribution in [3.05, 3.63) is 29.8 Å². The minimum Gasteiger partial charge on any atom is -0.369 e. The fourth-order valence-electron chi connectivity index (χ4n) is 1.91. The van der Waals surface area contributed by atoms with E-state index in [1.54, 1.807) is 29.2 Å². The Labute approximate surface area is 99.4 Å². The Morgan fingerprint density at radius 3 is 2.88 bits per heavy atom. The second-order valence-corrected chi connectivity index (χ2v) is 4.00. The van der Waals surface area contributed by atoms with Crippen LogP contribution in [0.5, 0.6) is 0 Å². The molecule has 1 aliphatic heterocycles. The number of terminal acetylenes is 1. The highest BCUT2D eigenvalue weighted by atomic mass is 16.2. The number of anilines is 1. The predicted octanol–water partition coefficient (Wildman–Crippen LogP) is 0.506. The molecule has 1 heterocycles. The molecule has 0 spiro atoms. The molecule has 17 heavy (non-hydrogen) atoms. The van der Waals surface area contributed by atoms with Gasteiger partial charge in [-0.05, 0) is 18.2 Å². The van der Waals surface area contributed by atoms with Crippen molar-refractivity contribution in [2.24, 2.45) is 11.7 Å². The molecular formula is C13H12N2O2. The van der Waals surface area contributed by atoms with E-state index in [1.165, 1.54) is 0 Å². The lowest BCUT2D eigenvalue weighted by molar-refractivity contribution is -0.123. The minimum absolute atomic E-state index is 0.0945. The van der Waals surface area contributed by atoms with Crippen molar-refractivity contribution in [3.63, 3.8) is 0 Å². The number of primary amides is 1. The first-order valence-electron chi connectivity index (χ1n) is 5.28. The van der Waals surface area contributed by atoms with Crippen LogP contribution in [0.3, 0.4) is 0 Å². The van der Waals surface area contributed by atoms with Crippen molar-refractivity contribution >= 4 is 17.5 Å². The number of hydrogen-bond donors (Lipinski definition) is 1. The van der Waals surface area contributed by atoms with Crippen molar-refractivity contribution < 1.29 is 9.59 Å². The van der Waals surface area contributed by atoms with E-state index >= 15 is 0 Å². The maximum atomic E-state index is 11.8. The second kappa shape index (κ2) is 4.30. The van der Waals surface area contributed by atoms with E-state index in [2.05, 4.69) is 5.92 Å². The first-order valence-corrected chi connectivity index (χ1v) is 5.28. The summed E-state index contributed by atoms with van der Waals surface area (Å²) in [6.45, 7) is 0.336. The van der Waals surface area contributed by atoms with Gasteiger partial charge in [0.25, 0.3) is 0 Å². The van der Waals surface area contributed by atoms with Crippen LogP contribution in [0.4, 0.5) is 5.69 Å². The van der Waals surface area contributed by atoms with Crippen molar-refractivity contribution in [2.75, 3.05) is 11.4 Å². The Balaban J connectivity index is 2.26. The minimum atomic E-state index is -0.436. The molecule has 2 rings (SSSR count). The molecule has 0 aliphatic carbocycles. The normalized spacial score (nSPS) is 19.1. The smallest absolute Gasteiger partial charge is 0.227 e. The molecule has 4 heteroatoms. The van der Waals surface area contributed by atoms with Gasteiger partial charge < -0.3 is 10.6 Å². The number of hydrogen-bond acceptors (Lipinski definition) is 2. The summed E-state index contributed by atoms with van der Waals surface area (Å²) in [6, 6.07) is 7.12. The predicted molar refractivity (Wildman–Crippen MR) is 64.0 cm³/mol. The molecule has 86 valence electrons. The number of rotatable bonds is 2. The molecule has 0 aromatic heterocycles. The van der Waals surface area contributed by atoms with Crippen molar-refractivity contribution in [1.29, 1.82) is 0 Å². The largest absolute Gasteiger partial charge is 0.369 e. The maximum absolute atomic E-state index is 11.8. The number of carbonyl (C=O) groups is 2. The highest BCUT2D eigenvalue weighted by Crippen LogP contribution is 2.25. The fraction of sp³-hybridized carbons (Fsp3) is 0.231. The van der Waals surface area contributed by atoms with Gasteiger partial charge in [-0.3, -0.25) is 9.59 Å². The summed E-state index contributed by atoms with van der Waals surface area (Å²) >= 11 is 0. The highest BCUT2D eigenvalue weighted by molar-refractivity contribution is 6.00. The topological polar surface area (TPSA) is 63.4 Å². The molecule has 2 amide bonds. The molecule has 0 bridgehead atoms. The highest BCUT2D eigenvalue weighted by Gasteiger charge is 2.33. The van der Waals surface area contributed by atoms with Crippen LogP contribution >= 0.6 is 0 Å². The van der Waals surface area contributed by atoms with Gasteiger partial charge in [-0.25, -0.2) is 0 Å². The first-order chi connectivity index (χ1) is 8.11. The van der Waals surface area contributed by atoms with Gasteiger partial charge in [-0.2, -0.15) is 0 Å². The Hall–Kier alpha value is -2.28. The number of nitrogens with zero attached hydrogens (tertiary/aromatic N) is 1. The molecule has 1 unspecified atom stereocenters. The van der Waals surface area contributed by atoms with Crippen molar-refractivity contribution in [2.45, 2.75) is 6.42 Å². The zero-order valence-electron chi connectivity index (χ0n) is 9.22. The molecule has 4 nitrogen and oxygen atoms in total. The summed E-state index contributed by atoms with van der Waals surface area (Å²) < 4.78 is 0. The lowest BCUT2D eigenvalue weighted by atomic mass is 10.1. The number of nitrogens with two attached hydrogens (primary N) is 1. The van der Waals surface area contributed by atoms with Crippen molar-refractivity contribution in [1.82, 2.24) is 0 Å². The standard InChI is InChI=1S/C13H12N2O2/c1-2-9-4-3-5-11(6-9)15-8-10(13(14)17)7-12(15)16/h1,3-6,10H,7-8H2,(H2,14,17). The van der Waals surface area contributed by atoms with Gasteiger partial charge in [0.05, 0.1) is 5.92 Å². The molecule has 0 radical (unpaired) electrons. The van der Waals surface area contributed by atoms with E-state index in [0.29, 0.717) is 17.8 Å². The van der Waals surface area contributed by atoms with Gasteiger partial charge >= 0.3 is 0 Å². The number of amides is 2. The molecular weight excluding hydrogens is 216 g/mol. The van der Waals surface area contributed by atoms with Gasteiger partial charge in [0.1, 0.15) is 0 Å². The summed E-state index contributed by atoms with van der Waals surface area (Å²) in [6.07, 6.45) is 5.48. The quantitative estimate of drug-likeness (QED) is 0.749. The third-order valence-corrected chi connectivity index (χ3v) is 2.85. The molecule has 1 aliphatic rings. The summed E-state index contributed by atoms with van der Waals surface area (Å²) in [5.41, 5.74) is 6.63. The lowest BCUT2D eigenvalue weighted by Gasteiger charge is -2.16. The average molecular weight is 228 g/mol. The van der Waals surface area contributed by atoms with Gasteiger partial charge in [0, 0.05) is 24.2 Å². The molecule has 1 saturated heterocycles. The Bertz CT molecular complexity index is 516. The Kier molecular flexibility index (Phi) is 2.84. The van der Waals surface area contributed by atoms with E-state index in [-0.39, 0.29) is 12.3 Å². The molecule has 2 N–H and O–H groups in total. The van der Waals surface area contributed by atoms with Gasteiger partial charge in [0.15, 0.2) is 0 Å². The SMILES string of the molecule is C#Cc1cccc(N2CC(C(N)=O)CC2=O)c1. The third-order valence-electron chi connectivity index (χ3n) is 2.85. The van der Waals surface area contributed by atoms with Crippen LogP contribution in [0.15, 0.2) is 24.3 Å². The monoisotopic (exact) mass is 228 g/mol. The summed E-state index contributed by atoms with van der Waals surface area (Å²) in [5.74, 6) is 1.57. The van der Waals surface area contributed by atoms with E-state index < -0.39 is 11.8 Å². The van der Waals surface area contributed by atoms with Gasteiger partial charge in [0.2, 0.25) is 11.8 Å². The van der Waals surface area contributed by atoms with Crippen molar-refractivity contribution in [3.8, 4) is 12.3 Å². The molecule has 1 fully saturated rings. The maximum Gasteiger partial charge on any atom is 0.227 e. The molecule has 1 atom stereocenters. The van der Waals surface area contributed by atoms with Gasteiger partial charge in [-0.15, -0.1) is 6.42 Å². The summed E-state index contributed by atoms with van der Waals surface area (Å²) in [5, 5.41) is 0. The van der Waals surface area contributed by atoms with Crippen LogP contribution < -0.4 is 10.6 Å². The van der Waals surface area contributed by atoms with Crippen LogP contribution in [0.25, 0.3) is 0 Å². The summed E-state index contributed by atoms with van der Waals surface area (Å²) in [4.78, 5) is 24.4. The van der Waals surface area contributed by atoms with Crippen LogP contribution in [0, 0.1) is 18.3 Å². The van der Waals surface area contributed by atoms with Crippen LogP contribution in [0.1, 0.15) is 12.0 Å². The van der Waals surface area contributed by atoms with Crippen LogP contribution in [0.2, 0.25) is 0 Å². The van der Waals surface area contributed by atoms with Gasteiger partial charge in [-0.1, -0.05) is 12.0 Å². The zero-order valence-corrected chi connectivity index (χ0v) is 9.22. The first kappa shape index (κ1) is 11.2. The third kappa shape index (κ3) is 2.13.